The van der Waals surface area contributed by atoms with Gasteiger partial charge in [0.05, 0.1) is 0 Å². The number of phenols is 1. The lowest BCUT2D eigenvalue weighted by Crippen LogP contribution is -2.19. The van der Waals surface area contributed by atoms with Gasteiger partial charge < -0.3 is 5.11 Å². The molecule has 0 aliphatic rings. The Morgan fingerprint density at radius 1 is 1.07 bits per heavy atom. The number of benzene rings is 2. The number of nitrogens with zero attached hydrogens (tertiary/aromatic N) is 3. The highest BCUT2D eigenvalue weighted by atomic mass is 32.2. The summed E-state index contributed by atoms with van der Waals surface area (Å²) in [6.07, 6.45) is 3.98. The van der Waals surface area contributed by atoms with E-state index in [1.54, 1.807) is 18.2 Å². The quantitative estimate of drug-likeness (QED) is 0.452. The van der Waals surface area contributed by atoms with Gasteiger partial charge in [-0.05, 0) is 41.7 Å². The highest BCUT2D eigenvalue weighted by Gasteiger charge is 2.28. The Hall–Kier alpha value is -2.45. The molecule has 3 aromatic rings. The molecule has 28 heavy (non-hydrogen) atoms. The Labute approximate surface area is 164 Å². The van der Waals surface area contributed by atoms with Gasteiger partial charge in [-0.25, -0.2) is 0 Å². The van der Waals surface area contributed by atoms with Gasteiger partial charge in [0.1, 0.15) is 21.6 Å². The molecular formula is C20H25N3O4S. The third-order valence-corrected chi connectivity index (χ3v) is 5.89. The number of rotatable bonds is 7. The third-order valence-electron chi connectivity index (χ3n) is 5.02. The van der Waals surface area contributed by atoms with Crippen molar-refractivity contribution < 1.29 is 18.1 Å². The molecular weight excluding hydrogens is 378 g/mol. The van der Waals surface area contributed by atoms with Crippen LogP contribution in [0.3, 0.4) is 0 Å². The van der Waals surface area contributed by atoms with Gasteiger partial charge in [-0.2, -0.15) is 8.42 Å². The second-order valence-corrected chi connectivity index (χ2v) is 9.03. The Morgan fingerprint density at radius 2 is 1.68 bits per heavy atom. The van der Waals surface area contributed by atoms with Crippen LogP contribution in [0.15, 0.2) is 41.3 Å². The van der Waals surface area contributed by atoms with Crippen molar-refractivity contribution in [2.75, 3.05) is 0 Å². The van der Waals surface area contributed by atoms with E-state index < -0.39 is 20.8 Å². The maximum atomic E-state index is 11.9. The van der Waals surface area contributed by atoms with E-state index in [1.807, 2.05) is 26.0 Å². The molecule has 0 fully saturated rings. The average Bonchev–Trinajstić information content (AvgIpc) is 3.04. The van der Waals surface area contributed by atoms with Crippen LogP contribution >= 0.6 is 0 Å². The fraction of sp³-hybridized carbons (Fsp3) is 0.400. The lowest BCUT2D eigenvalue weighted by Gasteiger charge is -2.26. The first kappa shape index (κ1) is 20.3. The van der Waals surface area contributed by atoms with E-state index in [2.05, 4.69) is 17.1 Å². The summed E-state index contributed by atoms with van der Waals surface area (Å²) in [5.74, 6) is -0.573. The summed E-state index contributed by atoms with van der Waals surface area (Å²) in [5.41, 5.74) is 1.67. The zero-order chi connectivity index (χ0) is 20.5. The van der Waals surface area contributed by atoms with Crippen LogP contribution in [0.4, 0.5) is 0 Å². The lowest BCUT2D eigenvalue weighted by atomic mass is 9.80. The number of fused-ring (bicyclic) bond motifs is 1. The first-order valence-electron chi connectivity index (χ1n) is 9.31. The van der Waals surface area contributed by atoms with Crippen LogP contribution in [0.5, 0.6) is 5.75 Å². The van der Waals surface area contributed by atoms with Gasteiger partial charge in [0.2, 0.25) is 0 Å². The number of hydrogen-bond acceptors (Lipinski definition) is 5. The van der Waals surface area contributed by atoms with Gasteiger partial charge in [-0.15, -0.1) is 15.0 Å². The van der Waals surface area contributed by atoms with E-state index in [-0.39, 0.29) is 11.1 Å². The minimum atomic E-state index is -4.62. The molecule has 0 aliphatic carbocycles. The molecule has 1 aromatic heterocycles. The number of unbranched alkanes of at least 4 members (excludes halogenated alkanes) is 2. The molecule has 150 valence electrons. The zero-order valence-corrected chi connectivity index (χ0v) is 17.1. The minimum absolute atomic E-state index is 0.116. The van der Waals surface area contributed by atoms with Crippen LogP contribution in [0.1, 0.15) is 52.0 Å². The van der Waals surface area contributed by atoms with Crippen LogP contribution in [-0.4, -0.2) is 33.1 Å². The number of aromatic hydroxyl groups is 1. The molecule has 8 heteroatoms. The smallest absolute Gasteiger partial charge is 0.298 e. The molecule has 0 saturated carbocycles. The number of phenolic OH excluding ortho intramolecular Hbond substituents is 1. The van der Waals surface area contributed by atoms with E-state index in [0.29, 0.717) is 16.6 Å². The monoisotopic (exact) mass is 403 g/mol. The molecule has 3 rings (SSSR count). The Bertz CT molecular complexity index is 1070. The third kappa shape index (κ3) is 4.02. The number of aromatic nitrogens is 3. The topological polar surface area (TPSA) is 105 Å². The average molecular weight is 404 g/mol. The predicted molar refractivity (Wildman–Crippen MR) is 108 cm³/mol. The van der Waals surface area contributed by atoms with Gasteiger partial charge in [0, 0.05) is 0 Å². The molecule has 1 heterocycles. The summed E-state index contributed by atoms with van der Waals surface area (Å²) in [6.45, 7) is 6.15. The fourth-order valence-corrected chi connectivity index (χ4v) is 3.89. The van der Waals surface area contributed by atoms with Crippen molar-refractivity contribution in [2.24, 2.45) is 0 Å². The van der Waals surface area contributed by atoms with Crippen molar-refractivity contribution >= 4 is 21.2 Å². The molecule has 2 N–H and O–H groups in total. The van der Waals surface area contributed by atoms with E-state index >= 15 is 0 Å². The molecule has 0 aliphatic heterocycles. The van der Waals surface area contributed by atoms with E-state index in [0.717, 1.165) is 25.7 Å². The maximum Gasteiger partial charge on any atom is 0.298 e. The first-order valence-corrected chi connectivity index (χ1v) is 10.7. The second-order valence-electron chi connectivity index (χ2n) is 7.64. The molecule has 0 spiro atoms. The van der Waals surface area contributed by atoms with Gasteiger partial charge in [0.15, 0.2) is 5.75 Å². The maximum absolute atomic E-state index is 11.9. The van der Waals surface area contributed by atoms with E-state index in [1.165, 1.54) is 10.9 Å². The van der Waals surface area contributed by atoms with Crippen LogP contribution in [0.25, 0.3) is 16.7 Å². The second kappa shape index (κ2) is 7.52. The number of hydrogen-bond donors (Lipinski definition) is 2. The van der Waals surface area contributed by atoms with E-state index in [4.69, 9.17) is 0 Å². The molecule has 7 nitrogen and oxygen atoms in total. The summed E-state index contributed by atoms with van der Waals surface area (Å²) in [4.78, 5) is 0.672. The standard InChI is InChI=1S/C20H25N3O4S/c1-4-5-8-11-20(2,3)14-12-17(19(24)18(13-14)28(25,26)27)23-21-15-9-6-7-10-16(15)22-23/h6-7,9-10,12-13,24H,4-5,8,11H2,1-3H3,(H,25,26,27). The summed E-state index contributed by atoms with van der Waals surface area (Å²) in [6, 6.07) is 10.2. The van der Waals surface area contributed by atoms with Gasteiger partial charge >= 0.3 is 0 Å². The highest BCUT2D eigenvalue weighted by molar-refractivity contribution is 7.86. The SMILES string of the molecule is CCCCCC(C)(C)c1cc(-n2nc3ccccc3n2)c(O)c(S(=O)(=O)O)c1. The molecule has 0 radical (unpaired) electrons. The predicted octanol–water partition coefficient (Wildman–Crippen LogP) is 4.23. The molecule has 0 saturated heterocycles. The zero-order valence-electron chi connectivity index (χ0n) is 16.3. The van der Waals surface area contributed by atoms with Crippen molar-refractivity contribution in [1.82, 2.24) is 15.0 Å². The van der Waals surface area contributed by atoms with Crippen molar-refractivity contribution in [2.45, 2.75) is 56.8 Å². The van der Waals surface area contributed by atoms with Gasteiger partial charge in [-0.3, -0.25) is 4.55 Å². The van der Waals surface area contributed by atoms with Gasteiger partial charge in [0.25, 0.3) is 10.1 Å². The van der Waals surface area contributed by atoms with Crippen LogP contribution in [0.2, 0.25) is 0 Å². The van der Waals surface area contributed by atoms with Crippen LogP contribution < -0.4 is 0 Å². The van der Waals surface area contributed by atoms with Crippen molar-refractivity contribution in [3.8, 4) is 11.4 Å². The normalized spacial score (nSPS) is 12.6. The summed E-state index contributed by atoms with van der Waals surface area (Å²) < 4.78 is 33.4. The molecule has 0 amide bonds. The summed E-state index contributed by atoms with van der Waals surface area (Å²) in [5, 5.41) is 19.2. The minimum Gasteiger partial charge on any atom is -0.504 e. The molecule has 2 aromatic carbocycles. The van der Waals surface area contributed by atoms with Gasteiger partial charge in [-0.1, -0.05) is 52.2 Å². The van der Waals surface area contributed by atoms with E-state index in [9.17, 15) is 18.1 Å². The lowest BCUT2D eigenvalue weighted by molar-refractivity contribution is 0.428. The summed E-state index contributed by atoms with van der Waals surface area (Å²) in [7, 11) is -4.62. The van der Waals surface area contributed by atoms with Crippen molar-refractivity contribution in [3.05, 3.63) is 42.0 Å². The largest absolute Gasteiger partial charge is 0.504 e. The molecule has 0 bridgehead atoms. The Balaban J connectivity index is 2.18. The Kier molecular flexibility index (Phi) is 5.45. The van der Waals surface area contributed by atoms with Crippen LogP contribution in [-0.2, 0) is 15.5 Å². The summed E-state index contributed by atoms with van der Waals surface area (Å²) >= 11 is 0. The first-order chi connectivity index (χ1) is 13.1. The highest BCUT2D eigenvalue weighted by Crippen LogP contribution is 2.37. The Morgan fingerprint density at radius 3 is 2.21 bits per heavy atom. The molecule has 0 unspecified atom stereocenters. The molecule has 0 atom stereocenters. The fourth-order valence-electron chi connectivity index (χ4n) is 3.26. The van der Waals surface area contributed by atoms with Crippen molar-refractivity contribution in [1.29, 1.82) is 0 Å². The van der Waals surface area contributed by atoms with Crippen LogP contribution in [0, 0.1) is 0 Å². The van der Waals surface area contributed by atoms with Crippen molar-refractivity contribution in [3.63, 3.8) is 0 Å².